The lowest BCUT2D eigenvalue weighted by Crippen LogP contribution is -1.98. The van der Waals surface area contributed by atoms with Gasteiger partial charge >= 0.3 is 0 Å². The number of hydrogen-bond acceptors (Lipinski definition) is 4. The van der Waals surface area contributed by atoms with Crippen LogP contribution in [0.1, 0.15) is 243 Å². The maximum absolute atomic E-state index is 4.23. The van der Waals surface area contributed by atoms with Crippen LogP contribution in [-0.4, -0.2) is 47.6 Å². The molecule has 0 atom stereocenters. The molecule has 6 aromatic rings. The molecule has 0 aromatic carbocycles. The SMILES string of the molecule is C.CC.CC.CC.CC.CC.CC.CC(C)c1cccn1C.CC(C)c1ccn(C)c1.CC(C)c1ccn(C)n1.CC(C)c1cn(C)cn1.CC(C)c1cncn1C.CC(C)c1nccn1C. The minimum absolute atomic E-state index is 0. The highest BCUT2D eigenvalue weighted by Gasteiger charge is 2.03. The lowest BCUT2D eigenvalue weighted by Gasteiger charge is -2.04. The van der Waals surface area contributed by atoms with Crippen molar-refractivity contribution in [3.05, 3.63) is 121 Å². The fourth-order valence-electron chi connectivity index (χ4n) is 5.27. The summed E-state index contributed by atoms with van der Waals surface area (Å²) in [5.41, 5.74) is 6.43. The van der Waals surface area contributed by atoms with Crippen LogP contribution in [0, 0.1) is 0 Å². The Labute approximate surface area is 418 Å². The van der Waals surface area contributed by atoms with E-state index >= 15 is 0 Å². The monoisotopic (exact) mass is 939 g/mol. The Morgan fingerprint density at radius 3 is 1.10 bits per heavy atom. The molecule has 0 fully saturated rings. The number of hydrogen-bond donors (Lipinski definition) is 0. The molecule has 6 rings (SSSR count). The van der Waals surface area contributed by atoms with Crippen molar-refractivity contribution in [3.63, 3.8) is 0 Å². The highest BCUT2D eigenvalue weighted by Crippen LogP contribution is 2.14. The second kappa shape index (κ2) is 49.3. The lowest BCUT2D eigenvalue weighted by atomic mass is 10.1. The Morgan fingerprint density at radius 1 is 0.418 bits per heavy atom. The third-order valence-corrected chi connectivity index (χ3v) is 8.56. The predicted molar refractivity (Wildman–Crippen MR) is 303 cm³/mol. The second-order valence-electron chi connectivity index (χ2n) is 15.8. The molecule has 6 heterocycles. The molecule has 0 amide bonds. The van der Waals surface area contributed by atoms with Crippen LogP contribution >= 0.6 is 0 Å². The average molecular weight is 940 g/mol. The van der Waals surface area contributed by atoms with Gasteiger partial charge in [0.2, 0.25) is 0 Å². The summed E-state index contributed by atoms with van der Waals surface area (Å²) in [4.78, 5) is 12.4. The molecule has 0 radical (unpaired) electrons. The van der Waals surface area contributed by atoms with Gasteiger partial charge in [-0.05, 0) is 59.4 Å². The normalized spacial score (nSPS) is 9.13. The molecule has 0 spiro atoms. The van der Waals surface area contributed by atoms with Gasteiger partial charge in [-0.2, -0.15) is 5.10 Å². The first-order chi connectivity index (χ1) is 31.2. The molecule has 0 aliphatic heterocycles. The van der Waals surface area contributed by atoms with Gasteiger partial charge in [0.1, 0.15) is 5.82 Å². The summed E-state index contributed by atoms with van der Waals surface area (Å²) in [6.45, 7) is 50.0. The number of nitrogens with zero attached hydrogens (tertiary/aromatic N) is 10. The van der Waals surface area contributed by atoms with Gasteiger partial charge in [0, 0.05) is 109 Å². The van der Waals surface area contributed by atoms with E-state index in [-0.39, 0.29) is 7.43 Å². The van der Waals surface area contributed by atoms with Crippen molar-refractivity contribution in [1.82, 2.24) is 47.6 Å². The van der Waals surface area contributed by atoms with Crippen molar-refractivity contribution in [3.8, 4) is 0 Å². The zero-order valence-corrected chi connectivity index (χ0v) is 49.0. The van der Waals surface area contributed by atoms with E-state index in [1.54, 1.807) is 0 Å². The molecule has 0 aliphatic carbocycles. The summed E-state index contributed by atoms with van der Waals surface area (Å²) in [6, 6.07) is 8.44. The Hall–Kier alpha value is -4.60. The van der Waals surface area contributed by atoms with Gasteiger partial charge in [0.05, 0.1) is 24.0 Å². The van der Waals surface area contributed by atoms with Crippen LogP contribution in [0.5, 0.6) is 0 Å². The fraction of sp³-hybridized carbons (Fsp3) is 0.649. The summed E-state index contributed by atoms with van der Waals surface area (Å²) in [7, 11) is 12.1. The lowest BCUT2D eigenvalue weighted by molar-refractivity contribution is 0.711. The van der Waals surface area contributed by atoms with E-state index in [9.17, 15) is 0 Å². The van der Waals surface area contributed by atoms with Crippen LogP contribution in [0.25, 0.3) is 0 Å². The Balaban J connectivity index is -0.000000123. The fourth-order valence-corrected chi connectivity index (χ4v) is 5.27. The molecule has 0 N–H and O–H groups in total. The Bertz CT molecular complexity index is 1610. The molecule has 10 heteroatoms. The van der Waals surface area contributed by atoms with Gasteiger partial charge < -0.3 is 22.8 Å². The quantitative estimate of drug-likeness (QED) is 0.167. The molecule has 0 unspecified atom stereocenters. The zero-order valence-electron chi connectivity index (χ0n) is 49.0. The van der Waals surface area contributed by atoms with Crippen molar-refractivity contribution in [2.75, 3.05) is 0 Å². The van der Waals surface area contributed by atoms with E-state index < -0.39 is 0 Å². The topological polar surface area (TPSA) is 81.1 Å². The van der Waals surface area contributed by atoms with Crippen molar-refractivity contribution in [2.45, 2.75) is 209 Å². The van der Waals surface area contributed by atoms with Gasteiger partial charge in [-0.15, -0.1) is 0 Å². The molecule has 0 bridgehead atoms. The third kappa shape index (κ3) is 37.1. The average Bonchev–Trinajstić information content (AvgIpc) is 4.18. The van der Waals surface area contributed by atoms with Crippen LogP contribution < -0.4 is 0 Å². The maximum Gasteiger partial charge on any atom is 0.110 e. The van der Waals surface area contributed by atoms with E-state index in [2.05, 4.69) is 156 Å². The summed E-state index contributed by atoms with van der Waals surface area (Å²) in [5, 5.41) is 4.23. The molecule has 0 aliphatic rings. The zero-order chi connectivity index (χ0) is 53.1. The molecule has 67 heavy (non-hydrogen) atoms. The van der Waals surface area contributed by atoms with Gasteiger partial charge in [-0.3, -0.25) is 4.68 Å². The minimum Gasteiger partial charge on any atom is -0.357 e. The second-order valence-corrected chi connectivity index (χ2v) is 15.8. The highest BCUT2D eigenvalue weighted by atomic mass is 15.2. The molecule has 0 saturated carbocycles. The van der Waals surface area contributed by atoms with Gasteiger partial charge in [0.25, 0.3) is 0 Å². The van der Waals surface area contributed by atoms with Crippen LogP contribution in [0.3, 0.4) is 0 Å². The van der Waals surface area contributed by atoms with Crippen molar-refractivity contribution >= 4 is 0 Å². The maximum atomic E-state index is 4.23. The van der Waals surface area contributed by atoms with Gasteiger partial charge in [0.15, 0.2) is 0 Å². The van der Waals surface area contributed by atoms with Crippen LogP contribution in [0.4, 0.5) is 0 Å². The molecular formula is C57H114N10. The molecule has 6 aromatic heterocycles. The number of aromatic nitrogens is 10. The molecular weight excluding hydrogens is 825 g/mol. The summed E-state index contributed by atoms with van der Waals surface area (Å²) in [6.07, 6.45) is 19.7. The molecule has 392 valence electrons. The number of rotatable bonds is 6. The van der Waals surface area contributed by atoms with E-state index in [1.165, 1.54) is 17.0 Å². The first-order valence-electron chi connectivity index (χ1n) is 25.4. The molecule has 0 saturated heterocycles. The smallest absolute Gasteiger partial charge is 0.110 e. The number of imidazole rings is 3. The third-order valence-electron chi connectivity index (χ3n) is 8.56. The van der Waals surface area contributed by atoms with Crippen LogP contribution in [0.2, 0.25) is 0 Å². The van der Waals surface area contributed by atoms with E-state index in [0.717, 1.165) is 17.2 Å². The van der Waals surface area contributed by atoms with E-state index in [1.807, 2.05) is 186 Å². The first kappa shape index (κ1) is 76.6. The minimum atomic E-state index is 0. The highest BCUT2D eigenvalue weighted by molar-refractivity contribution is 5.13. The Morgan fingerprint density at radius 2 is 0.925 bits per heavy atom. The van der Waals surface area contributed by atoms with Crippen LogP contribution in [0.15, 0.2) is 86.5 Å². The van der Waals surface area contributed by atoms with Crippen molar-refractivity contribution in [1.29, 1.82) is 0 Å². The first-order valence-corrected chi connectivity index (χ1v) is 25.4. The Kier molecular flexibility index (Phi) is 56.4. The largest absolute Gasteiger partial charge is 0.357 e. The van der Waals surface area contributed by atoms with Crippen molar-refractivity contribution in [2.24, 2.45) is 42.3 Å². The van der Waals surface area contributed by atoms with Crippen molar-refractivity contribution < 1.29 is 0 Å². The number of aryl methyl sites for hydroxylation is 6. The summed E-state index contributed by atoms with van der Waals surface area (Å²) >= 11 is 0. The van der Waals surface area contributed by atoms with Crippen LogP contribution in [-0.2, 0) is 42.3 Å². The standard InChI is InChI=1S/2C8H13N.4C7H12N2.6C2H6.CH4/c1-7(2)8-4-5-9(3)6-8;1-7(2)8-5-4-6-9(8)3;1-6(2)7-4-9(3)5-8-7;1-6(2)7-4-8-5-9(7)3;1-6(2)7-8-4-5-9(7)3;1-6(2)7-4-5-9(3)8-7;6*1-2;/h2*4-7H,1-3H3;4*4-6H,1-3H3;6*1-2H3;1H4. The predicted octanol–water partition coefficient (Wildman–Crippen LogP) is 17.3. The van der Waals surface area contributed by atoms with Gasteiger partial charge in [-0.25, -0.2) is 15.0 Å². The molecule has 10 nitrogen and oxygen atoms in total. The summed E-state index contributed by atoms with van der Waals surface area (Å²) in [5.74, 6) is 4.66. The van der Waals surface area contributed by atoms with E-state index in [4.69, 9.17) is 0 Å². The summed E-state index contributed by atoms with van der Waals surface area (Å²) < 4.78 is 12.1. The van der Waals surface area contributed by atoms with Gasteiger partial charge in [-0.1, -0.05) is 174 Å². The van der Waals surface area contributed by atoms with E-state index in [0.29, 0.717) is 35.5 Å².